The number of benzene rings is 1. The van der Waals surface area contributed by atoms with Crippen molar-refractivity contribution in [3.05, 3.63) is 34.9 Å². The van der Waals surface area contributed by atoms with E-state index in [0.717, 1.165) is 19.4 Å². The van der Waals surface area contributed by atoms with Crippen molar-refractivity contribution in [3.8, 4) is 0 Å². The zero-order chi connectivity index (χ0) is 12.3. The second kappa shape index (κ2) is 5.56. The van der Waals surface area contributed by atoms with Crippen molar-refractivity contribution in [1.29, 1.82) is 0 Å². The second-order valence-electron chi connectivity index (χ2n) is 4.46. The van der Waals surface area contributed by atoms with Crippen molar-refractivity contribution >= 4 is 0 Å². The Labute approximate surface area is 100.0 Å². The predicted molar refractivity (Wildman–Crippen MR) is 61.9 cm³/mol. The molecule has 0 aliphatic carbocycles. The van der Waals surface area contributed by atoms with Gasteiger partial charge in [0, 0.05) is 13.7 Å². The second-order valence-corrected chi connectivity index (χ2v) is 4.46. The maximum absolute atomic E-state index is 13.8. The Morgan fingerprint density at radius 2 is 2.24 bits per heavy atom. The molecule has 1 unspecified atom stereocenters. The van der Waals surface area contributed by atoms with E-state index >= 15 is 0 Å². The van der Waals surface area contributed by atoms with E-state index in [1.54, 1.807) is 13.2 Å². The van der Waals surface area contributed by atoms with Gasteiger partial charge in [-0.15, -0.1) is 0 Å². The fourth-order valence-corrected chi connectivity index (χ4v) is 2.33. The first kappa shape index (κ1) is 12.5. The summed E-state index contributed by atoms with van der Waals surface area (Å²) < 4.78 is 32.2. The van der Waals surface area contributed by atoms with Crippen LogP contribution >= 0.6 is 0 Å². The third-order valence-corrected chi connectivity index (χ3v) is 3.16. The topological polar surface area (TPSA) is 21.3 Å². The molecule has 4 heteroatoms. The van der Waals surface area contributed by atoms with E-state index in [0.29, 0.717) is 24.3 Å². The van der Waals surface area contributed by atoms with E-state index in [2.05, 4.69) is 5.32 Å². The molecule has 0 amide bonds. The number of halogens is 2. The Hall–Kier alpha value is -1.00. The van der Waals surface area contributed by atoms with Gasteiger partial charge in [0.05, 0.1) is 6.61 Å². The van der Waals surface area contributed by atoms with Crippen molar-refractivity contribution in [3.63, 3.8) is 0 Å². The zero-order valence-corrected chi connectivity index (χ0v) is 9.93. The van der Waals surface area contributed by atoms with Gasteiger partial charge in [-0.2, -0.15) is 0 Å². The molecule has 1 fully saturated rings. The molecule has 1 atom stereocenters. The Morgan fingerprint density at radius 3 is 2.88 bits per heavy atom. The summed E-state index contributed by atoms with van der Waals surface area (Å²) in [6.45, 7) is 1.98. The molecule has 1 saturated heterocycles. The molecule has 2 nitrogen and oxygen atoms in total. The summed E-state index contributed by atoms with van der Waals surface area (Å²) in [6, 6.07) is 2.93. The number of hydrogen-bond donors (Lipinski definition) is 1. The van der Waals surface area contributed by atoms with Gasteiger partial charge in [0.1, 0.15) is 0 Å². The quantitative estimate of drug-likeness (QED) is 0.878. The standard InChI is InChI=1S/C13H17F2NO/c1-17-8-9-5-11(13(15)12(14)6-9)10-3-2-4-16-7-10/h5-6,10,16H,2-4,7-8H2,1H3. The van der Waals surface area contributed by atoms with E-state index in [1.165, 1.54) is 6.07 Å². The third-order valence-electron chi connectivity index (χ3n) is 3.16. The molecule has 0 bridgehead atoms. The van der Waals surface area contributed by atoms with Crippen molar-refractivity contribution in [2.24, 2.45) is 0 Å². The average molecular weight is 241 g/mol. The van der Waals surface area contributed by atoms with E-state index in [1.807, 2.05) is 0 Å². The first-order valence-corrected chi connectivity index (χ1v) is 5.90. The molecule has 1 N–H and O–H groups in total. The minimum absolute atomic E-state index is 0.0649. The zero-order valence-electron chi connectivity index (χ0n) is 9.93. The lowest BCUT2D eigenvalue weighted by molar-refractivity contribution is 0.184. The van der Waals surface area contributed by atoms with E-state index < -0.39 is 11.6 Å². The monoisotopic (exact) mass is 241 g/mol. The highest BCUT2D eigenvalue weighted by Gasteiger charge is 2.21. The van der Waals surface area contributed by atoms with Crippen LogP contribution in [0.25, 0.3) is 0 Å². The highest BCUT2D eigenvalue weighted by Crippen LogP contribution is 2.28. The summed E-state index contributed by atoms with van der Waals surface area (Å²) >= 11 is 0. The van der Waals surface area contributed by atoms with Crippen LogP contribution in [0.4, 0.5) is 8.78 Å². The van der Waals surface area contributed by atoms with Gasteiger partial charge >= 0.3 is 0 Å². The highest BCUT2D eigenvalue weighted by atomic mass is 19.2. The van der Waals surface area contributed by atoms with Crippen LogP contribution in [-0.2, 0) is 11.3 Å². The molecule has 94 valence electrons. The van der Waals surface area contributed by atoms with E-state index in [-0.39, 0.29) is 5.92 Å². The number of methoxy groups -OCH3 is 1. The molecule has 17 heavy (non-hydrogen) atoms. The van der Waals surface area contributed by atoms with Crippen molar-refractivity contribution in [2.45, 2.75) is 25.4 Å². The average Bonchev–Trinajstić information content (AvgIpc) is 2.35. The molecule has 0 aromatic heterocycles. The van der Waals surface area contributed by atoms with Gasteiger partial charge in [-0.25, -0.2) is 8.78 Å². The molecule has 2 rings (SSSR count). The lowest BCUT2D eigenvalue weighted by Gasteiger charge is -2.24. The Bertz CT molecular complexity index is 389. The predicted octanol–water partition coefficient (Wildman–Crippen LogP) is 2.58. The molecule has 1 aliphatic rings. The molecular formula is C13H17F2NO. The molecule has 1 aliphatic heterocycles. The first-order valence-electron chi connectivity index (χ1n) is 5.90. The first-order chi connectivity index (χ1) is 8.22. The Morgan fingerprint density at radius 1 is 1.41 bits per heavy atom. The van der Waals surface area contributed by atoms with Gasteiger partial charge in [0.15, 0.2) is 11.6 Å². The summed E-state index contributed by atoms with van der Waals surface area (Å²) in [5.74, 6) is -1.42. The van der Waals surface area contributed by atoms with Crippen LogP contribution in [-0.4, -0.2) is 20.2 Å². The van der Waals surface area contributed by atoms with Crippen LogP contribution in [0.1, 0.15) is 29.9 Å². The van der Waals surface area contributed by atoms with E-state index in [4.69, 9.17) is 4.74 Å². The molecule has 0 radical (unpaired) electrons. The Kier molecular flexibility index (Phi) is 4.07. The summed E-state index contributed by atoms with van der Waals surface area (Å²) in [5, 5.41) is 3.21. The van der Waals surface area contributed by atoms with E-state index in [9.17, 15) is 8.78 Å². The van der Waals surface area contributed by atoms with Crippen LogP contribution in [0.3, 0.4) is 0 Å². The largest absolute Gasteiger partial charge is 0.380 e. The number of nitrogens with one attached hydrogen (secondary N) is 1. The van der Waals surface area contributed by atoms with Crippen molar-refractivity contribution in [1.82, 2.24) is 5.32 Å². The van der Waals surface area contributed by atoms with Crippen LogP contribution in [0.15, 0.2) is 12.1 Å². The Balaban J connectivity index is 2.29. The summed E-state index contributed by atoms with van der Waals surface area (Å²) in [4.78, 5) is 0. The number of piperidine rings is 1. The number of ether oxygens (including phenoxy) is 1. The molecule has 1 heterocycles. The van der Waals surface area contributed by atoms with Crippen LogP contribution in [0.2, 0.25) is 0 Å². The molecule has 1 aromatic carbocycles. The van der Waals surface area contributed by atoms with Gasteiger partial charge in [-0.05, 0) is 42.5 Å². The molecular weight excluding hydrogens is 224 g/mol. The lowest BCUT2D eigenvalue weighted by atomic mass is 9.90. The van der Waals surface area contributed by atoms with Gasteiger partial charge < -0.3 is 10.1 Å². The van der Waals surface area contributed by atoms with Crippen molar-refractivity contribution < 1.29 is 13.5 Å². The van der Waals surface area contributed by atoms with Gasteiger partial charge in [-0.1, -0.05) is 6.07 Å². The fourth-order valence-electron chi connectivity index (χ4n) is 2.33. The lowest BCUT2D eigenvalue weighted by Crippen LogP contribution is -2.29. The number of rotatable bonds is 3. The van der Waals surface area contributed by atoms with Gasteiger partial charge in [0.25, 0.3) is 0 Å². The third kappa shape index (κ3) is 2.82. The van der Waals surface area contributed by atoms with Gasteiger partial charge in [0.2, 0.25) is 0 Å². The minimum atomic E-state index is -0.778. The smallest absolute Gasteiger partial charge is 0.162 e. The summed E-state index contributed by atoms with van der Waals surface area (Å²) in [6.07, 6.45) is 1.90. The molecule has 0 spiro atoms. The van der Waals surface area contributed by atoms with Crippen molar-refractivity contribution in [2.75, 3.05) is 20.2 Å². The summed E-state index contributed by atoms with van der Waals surface area (Å²) in [7, 11) is 1.54. The highest BCUT2D eigenvalue weighted by molar-refractivity contribution is 5.29. The van der Waals surface area contributed by atoms with Gasteiger partial charge in [-0.3, -0.25) is 0 Å². The fraction of sp³-hybridized carbons (Fsp3) is 0.538. The van der Waals surface area contributed by atoms with Crippen LogP contribution in [0.5, 0.6) is 0 Å². The number of hydrogen-bond acceptors (Lipinski definition) is 2. The molecule has 0 saturated carbocycles. The summed E-state index contributed by atoms with van der Waals surface area (Å²) in [5.41, 5.74) is 1.16. The van der Waals surface area contributed by atoms with Crippen LogP contribution < -0.4 is 5.32 Å². The normalized spacial score (nSPS) is 20.5. The van der Waals surface area contributed by atoms with Crippen LogP contribution in [0, 0.1) is 11.6 Å². The molecule has 1 aromatic rings. The maximum atomic E-state index is 13.8. The minimum Gasteiger partial charge on any atom is -0.380 e. The SMILES string of the molecule is COCc1cc(F)c(F)c(C2CCCNC2)c1. The maximum Gasteiger partial charge on any atom is 0.162 e.